The highest BCUT2D eigenvalue weighted by Gasteiger charge is 2.17. The standard InChI is InChI=1S/C11H12O4S/c12-10(13)8-3-1-4-9(11(14)15)7(8)5-2-6-16/h1,3-4,16H,2,5-6H2,(H,12,13)(H,14,15). The van der Waals surface area contributed by atoms with Gasteiger partial charge in [-0.3, -0.25) is 0 Å². The fourth-order valence-electron chi connectivity index (χ4n) is 1.51. The number of carboxylic acid groups (broad SMARTS) is 2. The Kier molecular flexibility index (Phi) is 4.37. The Bertz CT molecular complexity index is 382. The van der Waals surface area contributed by atoms with Crippen molar-refractivity contribution in [2.24, 2.45) is 0 Å². The van der Waals surface area contributed by atoms with Crippen molar-refractivity contribution in [2.45, 2.75) is 12.8 Å². The third-order valence-electron chi connectivity index (χ3n) is 2.22. The van der Waals surface area contributed by atoms with Crippen LogP contribution >= 0.6 is 12.6 Å². The van der Waals surface area contributed by atoms with Gasteiger partial charge in [0.25, 0.3) is 0 Å². The van der Waals surface area contributed by atoms with Crippen LogP contribution in [0.5, 0.6) is 0 Å². The first-order valence-electron chi connectivity index (χ1n) is 4.77. The predicted octanol–water partition coefficient (Wildman–Crippen LogP) is 1.95. The highest BCUT2D eigenvalue weighted by Crippen LogP contribution is 2.17. The summed E-state index contributed by atoms with van der Waals surface area (Å²) in [6, 6.07) is 4.28. The number of thiol groups is 1. The largest absolute Gasteiger partial charge is 0.478 e. The molecule has 16 heavy (non-hydrogen) atoms. The minimum Gasteiger partial charge on any atom is -0.478 e. The maximum atomic E-state index is 10.9. The third kappa shape index (κ3) is 2.76. The van der Waals surface area contributed by atoms with Crippen molar-refractivity contribution in [1.82, 2.24) is 0 Å². The van der Waals surface area contributed by atoms with Crippen LogP contribution in [0.4, 0.5) is 0 Å². The van der Waals surface area contributed by atoms with Crippen LogP contribution in [0.15, 0.2) is 18.2 Å². The zero-order valence-corrected chi connectivity index (χ0v) is 9.41. The van der Waals surface area contributed by atoms with Crippen molar-refractivity contribution >= 4 is 24.6 Å². The second-order valence-electron chi connectivity index (χ2n) is 3.27. The normalized spacial score (nSPS) is 10.1. The van der Waals surface area contributed by atoms with Gasteiger partial charge in [0.15, 0.2) is 0 Å². The van der Waals surface area contributed by atoms with Gasteiger partial charge in [0.2, 0.25) is 0 Å². The number of rotatable bonds is 5. The van der Waals surface area contributed by atoms with Gasteiger partial charge < -0.3 is 10.2 Å². The van der Waals surface area contributed by atoms with Crippen LogP contribution in [0.3, 0.4) is 0 Å². The maximum Gasteiger partial charge on any atom is 0.335 e. The number of hydrogen-bond acceptors (Lipinski definition) is 3. The average molecular weight is 240 g/mol. The molecule has 0 saturated carbocycles. The van der Waals surface area contributed by atoms with Gasteiger partial charge in [0.1, 0.15) is 0 Å². The SMILES string of the molecule is O=C(O)c1cccc(C(=O)O)c1CCCS. The van der Waals surface area contributed by atoms with Crippen molar-refractivity contribution in [1.29, 1.82) is 0 Å². The van der Waals surface area contributed by atoms with E-state index in [1.165, 1.54) is 18.2 Å². The van der Waals surface area contributed by atoms with E-state index in [2.05, 4.69) is 12.6 Å². The topological polar surface area (TPSA) is 74.6 Å². The Labute approximate surface area is 98.3 Å². The number of carboxylic acids is 2. The third-order valence-corrected chi connectivity index (χ3v) is 2.54. The molecule has 4 nitrogen and oxygen atoms in total. The number of hydrogen-bond donors (Lipinski definition) is 3. The fraction of sp³-hybridized carbons (Fsp3) is 0.273. The van der Waals surface area contributed by atoms with Gasteiger partial charge in [0, 0.05) is 0 Å². The molecule has 1 aromatic carbocycles. The summed E-state index contributed by atoms with van der Waals surface area (Å²) in [6.45, 7) is 0. The molecule has 2 N–H and O–H groups in total. The molecule has 0 heterocycles. The first kappa shape index (κ1) is 12.6. The minimum atomic E-state index is -1.10. The smallest absolute Gasteiger partial charge is 0.335 e. The molecule has 1 aromatic rings. The summed E-state index contributed by atoms with van der Waals surface area (Å²) in [7, 11) is 0. The molecule has 0 spiro atoms. The summed E-state index contributed by atoms with van der Waals surface area (Å²) in [6.07, 6.45) is 1.06. The Morgan fingerprint density at radius 2 is 1.62 bits per heavy atom. The molecule has 0 aliphatic rings. The molecule has 0 aromatic heterocycles. The summed E-state index contributed by atoms with van der Waals surface area (Å²) < 4.78 is 0. The summed E-state index contributed by atoms with van der Waals surface area (Å²) >= 11 is 4.03. The van der Waals surface area contributed by atoms with Crippen LogP contribution in [0.1, 0.15) is 32.7 Å². The minimum absolute atomic E-state index is 0.0571. The Hall–Kier alpha value is -1.49. The molecular weight excluding hydrogens is 228 g/mol. The van der Waals surface area contributed by atoms with Gasteiger partial charge in [-0.1, -0.05) is 6.07 Å². The van der Waals surface area contributed by atoms with Gasteiger partial charge in [0.05, 0.1) is 11.1 Å². The van der Waals surface area contributed by atoms with Gasteiger partial charge in [-0.25, -0.2) is 9.59 Å². The van der Waals surface area contributed by atoms with E-state index in [-0.39, 0.29) is 11.1 Å². The predicted molar refractivity (Wildman–Crippen MR) is 62.5 cm³/mol. The van der Waals surface area contributed by atoms with Crippen LogP contribution < -0.4 is 0 Å². The van der Waals surface area contributed by atoms with Crippen molar-refractivity contribution < 1.29 is 19.8 Å². The first-order valence-corrected chi connectivity index (χ1v) is 5.40. The maximum absolute atomic E-state index is 10.9. The molecule has 86 valence electrons. The van der Waals surface area contributed by atoms with Gasteiger partial charge in [-0.2, -0.15) is 12.6 Å². The van der Waals surface area contributed by atoms with E-state index in [9.17, 15) is 9.59 Å². The summed E-state index contributed by atoms with van der Waals surface area (Å²) in [5.41, 5.74) is 0.486. The van der Waals surface area contributed by atoms with E-state index < -0.39 is 11.9 Å². The Morgan fingerprint density at radius 3 is 2.00 bits per heavy atom. The highest BCUT2D eigenvalue weighted by molar-refractivity contribution is 7.80. The van der Waals surface area contributed by atoms with Crippen LogP contribution in [-0.2, 0) is 6.42 Å². The Morgan fingerprint density at radius 1 is 1.12 bits per heavy atom. The summed E-state index contributed by atoms with van der Waals surface area (Å²) in [4.78, 5) is 21.9. The fourth-order valence-corrected chi connectivity index (χ4v) is 1.67. The molecule has 0 amide bonds. The van der Waals surface area contributed by atoms with E-state index in [1.807, 2.05) is 0 Å². The lowest BCUT2D eigenvalue weighted by atomic mass is 9.97. The van der Waals surface area contributed by atoms with Crippen LogP contribution in [0.2, 0.25) is 0 Å². The lowest BCUT2D eigenvalue weighted by molar-refractivity contribution is 0.0695. The molecular formula is C11H12O4S. The van der Waals surface area contributed by atoms with Crippen LogP contribution in [0, 0.1) is 0 Å². The van der Waals surface area contributed by atoms with Crippen molar-refractivity contribution in [2.75, 3.05) is 5.75 Å². The van der Waals surface area contributed by atoms with E-state index in [0.29, 0.717) is 24.2 Å². The van der Waals surface area contributed by atoms with E-state index in [0.717, 1.165) is 0 Å². The number of carbonyl (C=O) groups is 2. The molecule has 5 heteroatoms. The first-order chi connectivity index (χ1) is 7.57. The molecule has 0 unspecified atom stereocenters. The van der Waals surface area contributed by atoms with Crippen molar-refractivity contribution in [3.8, 4) is 0 Å². The molecule has 0 radical (unpaired) electrons. The van der Waals surface area contributed by atoms with Crippen LogP contribution in [0.25, 0.3) is 0 Å². The summed E-state index contributed by atoms with van der Waals surface area (Å²) in [5.74, 6) is -1.61. The quantitative estimate of drug-likeness (QED) is 0.688. The van der Waals surface area contributed by atoms with E-state index in [1.54, 1.807) is 0 Å². The van der Waals surface area contributed by atoms with Gasteiger partial charge >= 0.3 is 11.9 Å². The molecule has 0 fully saturated rings. The zero-order chi connectivity index (χ0) is 12.1. The molecule has 0 bridgehead atoms. The number of aromatic carboxylic acids is 2. The average Bonchev–Trinajstić information content (AvgIpc) is 2.25. The molecule has 0 aliphatic carbocycles. The second kappa shape index (κ2) is 5.55. The van der Waals surface area contributed by atoms with Gasteiger partial charge in [-0.05, 0) is 36.3 Å². The Balaban J connectivity index is 3.23. The lowest BCUT2D eigenvalue weighted by Crippen LogP contribution is -2.10. The van der Waals surface area contributed by atoms with E-state index in [4.69, 9.17) is 10.2 Å². The monoisotopic (exact) mass is 240 g/mol. The van der Waals surface area contributed by atoms with E-state index >= 15 is 0 Å². The zero-order valence-electron chi connectivity index (χ0n) is 8.51. The second-order valence-corrected chi connectivity index (χ2v) is 3.72. The highest BCUT2D eigenvalue weighted by atomic mass is 32.1. The van der Waals surface area contributed by atoms with Crippen molar-refractivity contribution in [3.05, 3.63) is 34.9 Å². The molecule has 0 saturated heterocycles. The van der Waals surface area contributed by atoms with Crippen molar-refractivity contribution in [3.63, 3.8) is 0 Å². The molecule has 0 aliphatic heterocycles. The molecule has 1 rings (SSSR count). The van der Waals surface area contributed by atoms with Crippen LogP contribution in [-0.4, -0.2) is 27.9 Å². The van der Waals surface area contributed by atoms with Gasteiger partial charge in [-0.15, -0.1) is 0 Å². The summed E-state index contributed by atoms with van der Waals surface area (Å²) in [5, 5.41) is 17.9. The lowest BCUT2D eigenvalue weighted by Gasteiger charge is -2.08. The number of benzene rings is 1. The molecule has 0 atom stereocenters.